The van der Waals surface area contributed by atoms with Crippen LogP contribution in [0.4, 0.5) is 5.69 Å². The molecule has 0 unspecified atom stereocenters. The Bertz CT molecular complexity index is 883. The Balaban J connectivity index is 1.59. The molecule has 1 aliphatic rings. The van der Waals surface area contributed by atoms with Crippen LogP contribution in [0.1, 0.15) is 34.9 Å². The van der Waals surface area contributed by atoms with Gasteiger partial charge in [-0.2, -0.15) is 5.26 Å². The second-order valence-electron chi connectivity index (χ2n) is 5.50. The van der Waals surface area contributed by atoms with E-state index < -0.39 is 0 Å². The summed E-state index contributed by atoms with van der Waals surface area (Å²) in [6.45, 7) is 2.02. The number of aryl methyl sites for hydroxylation is 1. The van der Waals surface area contributed by atoms with Gasteiger partial charge in [0.25, 0.3) is 0 Å². The van der Waals surface area contributed by atoms with Crippen molar-refractivity contribution in [2.75, 3.05) is 4.72 Å². The van der Waals surface area contributed by atoms with E-state index in [1.807, 2.05) is 19.1 Å². The summed E-state index contributed by atoms with van der Waals surface area (Å²) in [6.07, 6.45) is 4.33. The van der Waals surface area contributed by atoms with Gasteiger partial charge in [-0.05, 0) is 31.4 Å². The van der Waals surface area contributed by atoms with Crippen LogP contribution in [0.5, 0.6) is 0 Å². The molecule has 110 valence electrons. The van der Waals surface area contributed by atoms with Crippen LogP contribution in [0.15, 0.2) is 28.7 Å². The average molecular weight is 326 g/mol. The van der Waals surface area contributed by atoms with E-state index >= 15 is 0 Å². The van der Waals surface area contributed by atoms with E-state index in [9.17, 15) is 5.26 Å². The molecule has 0 radical (unpaired) electrons. The zero-order chi connectivity index (χ0) is 15.1. The van der Waals surface area contributed by atoms with Crippen molar-refractivity contribution >= 4 is 39.9 Å². The molecule has 1 fully saturated rings. The summed E-state index contributed by atoms with van der Waals surface area (Å²) < 4.78 is 3.36. The van der Waals surface area contributed by atoms with Gasteiger partial charge in [-0.15, -0.1) is 11.3 Å². The fourth-order valence-corrected chi connectivity index (χ4v) is 4.31. The van der Waals surface area contributed by atoms with Gasteiger partial charge >= 0.3 is 0 Å². The number of rotatable bonds is 4. The first-order chi connectivity index (χ1) is 10.8. The fourth-order valence-electron chi connectivity index (χ4n) is 2.54. The number of nitriles is 1. The molecule has 1 aromatic carbocycles. The molecule has 0 saturated heterocycles. The Hall–Kier alpha value is -1.97. The van der Waals surface area contributed by atoms with Crippen molar-refractivity contribution in [3.63, 3.8) is 0 Å². The first-order valence-electron chi connectivity index (χ1n) is 7.15. The topological polar surface area (TPSA) is 64.5 Å². The van der Waals surface area contributed by atoms with Crippen LogP contribution in [-0.4, -0.2) is 9.97 Å². The van der Waals surface area contributed by atoms with Gasteiger partial charge in [0, 0.05) is 34.8 Å². The molecule has 0 spiro atoms. The third-order valence-corrected chi connectivity index (χ3v) is 5.75. The number of aromatic amines is 1. The molecule has 2 heterocycles. The van der Waals surface area contributed by atoms with Crippen LogP contribution in [0, 0.1) is 18.3 Å². The number of aromatic nitrogens is 2. The molecule has 0 aliphatic heterocycles. The molecule has 3 aromatic rings. The first kappa shape index (κ1) is 13.7. The van der Waals surface area contributed by atoms with Crippen LogP contribution in [-0.2, 0) is 0 Å². The summed E-state index contributed by atoms with van der Waals surface area (Å²) in [5.74, 6) is 0.701. The monoisotopic (exact) mass is 326 g/mol. The Morgan fingerprint density at radius 2 is 2.32 bits per heavy atom. The summed E-state index contributed by atoms with van der Waals surface area (Å²) in [5.41, 5.74) is 3.74. The molecule has 2 aromatic heterocycles. The van der Waals surface area contributed by atoms with Crippen molar-refractivity contribution in [1.82, 2.24) is 9.97 Å². The molecule has 0 atom stereocenters. The van der Waals surface area contributed by atoms with Gasteiger partial charge in [-0.1, -0.05) is 6.07 Å². The van der Waals surface area contributed by atoms with E-state index in [4.69, 9.17) is 0 Å². The van der Waals surface area contributed by atoms with Crippen LogP contribution in [0.25, 0.3) is 10.9 Å². The quantitative estimate of drug-likeness (QED) is 0.676. The molecule has 1 aliphatic carbocycles. The Labute approximate surface area is 136 Å². The summed E-state index contributed by atoms with van der Waals surface area (Å²) in [6, 6.07) is 6.31. The minimum atomic E-state index is 0.686. The molecule has 2 N–H and O–H groups in total. The number of hydrogen-bond donors (Lipinski definition) is 2. The second-order valence-corrected chi connectivity index (χ2v) is 7.21. The minimum absolute atomic E-state index is 0.686. The molecule has 1 saturated carbocycles. The highest BCUT2D eigenvalue weighted by Gasteiger charge is 2.26. The van der Waals surface area contributed by atoms with Crippen LogP contribution in [0.2, 0.25) is 0 Å². The maximum Gasteiger partial charge on any atom is 0.128 e. The normalized spacial score (nSPS) is 14.2. The van der Waals surface area contributed by atoms with Crippen molar-refractivity contribution < 1.29 is 0 Å². The van der Waals surface area contributed by atoms with Gasteiger partial charge in [0.2, 0.25) is 0 Å². The van der Waals surface area contributed by atoms with E-state index in [1.165, 1.54) is 29.8 Å². The van der Waals surface area contributed by atoms with Crippen molar-refractivity contribution in [1.29, 1.82) is 5.26 Å². The van der Waals surface area contributed by atoms with E-state index in [0.717, 1.165) is 27.2 Å². The van der Waals surface area contributed by atoms with Crippen LogP contribution >= 0.6 is 23.3 Å². The number of thiazole rings is 1. The van der Waals surface area contributed by atoms with Gasteiger partial charge < -0.3 is 9.71 Å². The molecule has 6 heteroatoms. The summed E-state index contributed by atoms with van der Waals surface area (Å²) in [5, 5.41) is 14.6. The lowest BCUT2D eigenvalue weighted by Gasteiger charge is -2.07. The number of nitrogens with one attached hydrogen (secondary N) is 2. The van der Waals surface area contributed by atoms with E-state index in [1.54, 1.807) is 17.5 Å². The predicted molar refractivity (Wildman–Crippen MR) is 91.3 cm³/mol. The third kappa shape index (κ3) is 2.36. The maximum atomic E-state index is 9.20. The highest BCUT2D eigenvalue weighted by molar-refractivity contribution is 8.00. The fraction of sp³-hybridized carbons (Fsp3) is 0.250. The molecular formula is C16H14N4S2. The SMILES string of the molecule is Cc1ccc(NSc2csc(C3CC3)n2)c2[nH]cc(C#N)c12. The maximum absolute atomic E-state index is 9.20. The highest BCUT2D eigenvalue weighted by atomic mass is 32.2. The predicted octanol–water partition coefficient (Wildman–Crippen LogP) is 4.80. The van der Waals surface area contributed by atoms with E-state index in [0.29, 0.717) is 11.5 Å². The third-order valence-electron chi connectivity index (χ3n) is 3.86. The summed E-state index contributed by atoms with van der Waals surface area (Å²) in [7, 11) is 0. The zero-order valence-electron chi connectivity index (χ0n) is 12.0. The minimum Gasteiger partial charge on any atom is -0.358 e. The lowest BCUT2D eigenvalue weighted by atomic mass is 10.1. The Kier molecular flexibility index (Phi) is 3.32. The van der Waals surface area contributed by atoms with Gasteiger partial charge in [0.1, 0.15) is 11.1 Å². The molecule has 22 heavy (non-hydrogen) atoms. The highest BCUT2D eigenvalue weighted by Crippen LogP contribution is 2.42. The van der Waals surface area contributed by atoms with Crippen molar-refractivity contribution in [3.05, 3.63) is 39.8 Å². The first-order valence-corrected chi connectivity index (χ1v) is 8.85. The van der Waals surface area contributed by atoms with E-state index in [2.05, 4.69) is 26.1 Å². The van der Waals surface area contributed by atoms with Crippen LogP contribution < -0.4 is 4.72 Å². The van der Waals surface area contributed by atoms with Gasteiger partial charge in [0.15, 0.2) is 0 Å². The Morgan fingerprint density at radius 3 is 3.09 bits per heavy atom. The van der Waals surface area contributed by atoms with Crippen molar-refractivity contribution in [2.24, 2.45) is 0 Å². The molecule has 4 nitrogen and oxygen atoms in total. The average Bonchev–Trinajstić information content (AvgIpc) is 3.11. The van der Waals surface area contributed by atoms with Crippen molar-refractivity contribution in [2.45, 2.75) is 30.7 Å². The standard InChI is InChI=1S/C16H14N4S2/c1-9-2-5-12(15-14(9)11(6-17)7-18-15)20-22-13-8-21-16(19-13)10-3-4-10/h2,5,7-8,10,18,20H,3-4H2,1H3. The summed E-state index contributed by atoms with van der Waals surface area (Å²) in [4.78, 5) is 7.86. The lowest BCUT2D eigenvalue weighted by Crippen LogP contribution is -1.90. The number of nitrogens with zero attached hydrogens (tertiary/aromatic N) is 2. The molecular weight excluding hydrogens is 312 g/mol. The number of H-pyrrole nitrogens is 1. The van der Waals surface area contributed by atoms with Gasteiger partial charge in [-0.3, -0.25) is 0 Å². The largest absolute Gasteiger partial charge is 0.358 e. The number of anilines is 1. The number of benzene rings is 1. The van der Waals surface area contributed by atoms with Crippen LogP contribution in [0.3, 0.4) is 0 Å². The van der Waals surface area contributed by atoms with Crippen molar-refractivity contribution in [3.8, 4) is 6.07 Å². The smallest absolute Gasteiger partial charge is 0.128 e. The number of fused-ring (bicyclic) bond motifs is 1. The van der Waals surface area contributed by atoms with Gasteiger partial charge in [0.05, 0.1) is 21.8 Å². The van der Waals surface area contributed by atoms with Gasteiger partial charge in [-0.25, -0.2) is 4.98 Å². The molecule has 0 amide bonds. The zero-order valence-corrected chi connectivity index (χ0v) is 13.6. The van der Waals surface area contributed by atoms with E-state index in [-0.39, 0.29) is 0 Å². The summed E-state index contributed by atoms with van der Waals surface area (Å²) >= 11 is 3.27. The Morgan fingerprint density at radius 1 is 1.45 bits per heavy atom. The lowest BCUT2D eigenvalue weighted by molar-refractivity contribution is 1.03. The number of hydrogen-bond acceptors (Lipinski definition) is 5. The molecule has 0 bridgehead atoms. The second kappa shape index (κ2) is 5.34. The molecule has 4 rings (SSSR count).